The number of nitrogens with zero attached hydrogens (tertiary/aromatic N) is 5. The van der Waals surface area contributed by atoms with Gasteiger partial charge in [0.25, 0.3) is 5.91 Å². The highest BCUT2D eigenvalue weighted by Crippen LogP contribution is 2.35. The first-order chi connectivity index (χ1) is 14.0. The van der Waals surface area contributed by atoms with E-state index >= 15 is 0 Å². The van der Waals surface area contributed by atoms with E-state index in [1.165, 1.54) is 4.68 Å². The number of hydrogen-bond acceptors (Lipinski definition) is 6. The van der Waals surface area contributed by atoms with Gasteiger partial charge in [-0.15, -0.1) is 0 Å². The van der Waals surface area contributed by atoms with Crippen LogP contribution < -0.4 is 14.4 Å². The van der Waals surface area contributed by atoms with Crippen LogP contribution in [0.2, 0.25) is 0 Å². The Morgan fingerprint density at radius 2 is 2.00 bits per heavy atom. The minimum Gasteiger partial charge on any atom is -0.493 e. The van der Waals surface area contributed by atoms with Crippen molar-refractivity contribution in [2.24, 2.45) is 0 Å². The number of carbonyl (C=O) groups excluding carboxylic acids is 1. The van der Waals surface area contributed by atoms with Crippen LogP contribution in [-0.2, 0) is 13.1 Å². The lowest BCUT2D eigenvalue weighted by Crippen LogP contribution is -2.22. The summed E-state index contributed by atoms with van der Waals surface area (Å²) in [6.45, 7) is 2.40. The molecule has 0 saturated heterocycles. The Kier molecular flexibility index (Phi) is 4.64. The number of benzene rings is 1. The highest BCUT2D eigenvalue weighted by Gasteiger charge is 2.32. The summed E-state index contributed by atoms with van der Waals surface area (Å²) in [7, 11) is 3.18. The van der Waals surface area contributed by atoms with Gasteiger partial charge in [0, 0.05) is 11.8 Å². The molecule has 0 radical (unpaired) electrons. The topological polar surface area (TPSA) is 93.3 Å². The number of aromatic nitrogens is 3. The van der Waals surface area contributed by atoms with Crippen molar-refractivity contribution in [3.63, 3.8) is 0 Å². The third kappa shape index (κ3) is 3.17. The molecule has 0 fully saturated rings. The van der Waals surface area contributed by atoms with Crippen molar-refractivity contribution in [2.45, 2.75) is 20.0 Å². The minimum atomic E-state index is -0.111. The molecule has 8 heteroatoms. The predicted octanol–water partition coefficient (Wildman–Crippen LogP) is 2.95. The van der Waals surface area contributed by atoms with E-state index in [0.717, 1.165) is 16.8 Å². The molecular formula is C21H19N5O3. The average molecular weight is 389 g/mol. The van der Waals surface area contributed by atoms with Crippen LogP contribution in [0.1, 0.15) is 21.6 Å². The van der Waals surface area contributed by atoms with Crippen LogP contribution >= 0.6 is 0 Å². The summed E-state index contributed by atoms with van der Waals surface area (Å²) >= 11 is 0. The van der Waals surface area contributed by atoms with Gasteiger partial charge in [0.2, 0.25) is 0 Å². The molecule has 1 aliphatic heterocycles. The molecular weight excluding hydrogens is 370 g/mol. The Labute approximate surface area is 167 Å². The van der Waals surface area contributed by atoms with Crippen molar-refractivity contribution < 1.29 is 14.3 Å². The number of pyridine rings is 1. The SMILES string of the molecule is COc1ccc(-c2cc(C)c3c(n2)CN(c2cnn(CC#N)c2)C3=O)cc1OC. The molecule has 2 aromatic heterocycles. The van der Waals surface area contributed by atoms with Gasteiger partial charge in [-0.3, -0.25) is 19.4 Å². The van der Waals surface area contributed by atoms with E-state index in [0.29, 0.717) is 35.0 Å². The zero-order valence-corrected chi connectivity index (χ0v) is 16.3. The summed E-state index contributed by atoms with van der Waals surface area (Å²) in [4.78, 5) is 19.3. The quantitative estimate of drug-likeness (QED) is 0.666. The number of carbonyl (C=O) groups is 1. The van der Waals surface area contributed by atoms with Crippen LogP contribution in [0.5, 0.6) is 11.5 Å². The van der Waals surface area contributed by atoms with Gasteiger partial charge in [-0.1, -0.05) is 0 Å². The maximum absolute atomic E-state index is 13.0. The molecule has 0 aliphatic carbocycles. The molecule has 146 valence electrons. The number of ether oxygens (including phenoxy) is 2. The van der Waals surface area contributed by atoms with E-state index in [1.807, 2.05) is 37.3 Å². The molecule has 4 rings (SSSR count). The summed E-state index contributed by atoms with van der Waals surface area (Å²) in [5.74, 6) is 1.15. The van der Waals surface area contributed by atoms with E-state index in [-0.39, 0.29) is 12.5 Å². The van der Waals surface area contributed by atoms with Crippen molar-refractivity contribution in [3.05, 3.63) is 53.5 Å². The zero-order chi connectivity index (χ0) is 20.5. The molecule has 8 nitrogen and oxygen atoms in total. The third-order valence-corrected chi connectivity index (χ3v) is 4.90. The molecule has 0 saturated carbocycles. The number of rotatable bonds is 5. The molecule has 1 aromatic carbocycles. The van der Waals surface area contributed by atoms with Gasteiger partial charge in [-0.25, -0.2) is 0 Å². The Balaban J connectivity index is 1.70. The number of anilines is 1. The predicted molar refractivity (Wildman–Crippen MR) is 106 cm³/mol. The Bertz CT molecular complexity index is 1150. The van der Waals surface area contributed by atoms with Crippen molar-refractivity contribution in [1.29, 1.82) is 5.26 Å². The van der Waals surface area contributed by atoms with Gasteiger partial charge < -0.3 is 9.47 Å². The zero-order valence-electron chi connectivity index (χ0n) is 16.3. The molecule has 0 atom stereocenters. The summed E-state index contributed by atoms with van der Waals surface area (Å²) < 4.78 is 12.2. The molecule has 29 heavy (non-hydrogen) atoms. The lowest BCUT2D eigenvalue weighted by atomic mass is 10.0. The first-order valence-electron chi connectivity index (χ1n) is 9.00. The first kappa shape index (κ1) is 18.5. The van der Waals surface area contributed by atoms with E-state index < -0.39 is 0 Å². The second kappa shape index (κ2) is 7.28. The van der Waals surface area contributed by atoms with Gasteiger partial charge in [-0.05, 0) is 36.8 Å². The molecule has 0 unspecified atom stereocenters. The van der Waals surface area contributed by atoms with Crippen LogP contribution in [0.25, 0.3) is 11.3 Å². The van der Waals surface area contributed by atoms with Gasteiger partial charge in [-0.2, -0.15) is 10.4 Å². The normalized spacial score (nSPS) is 12.6. The maximum atomic E-state index is 13.0. The van der Waals surface area contributed by atoms with Gasteiger partial charge >= 0.3 is 0 Å². The molecule has 3 aromatic rings. The fourth-order valence-corrected chi connectivity index (χ4v) is 3.50. The summed E-state index contributed by atoms with van der Waals surface area (Å²) in [5.41, 5.74) is 4.47. The number of methoxy groups -OCH3 is 2. The fourth-order valence-electron chi connectivity index (χ4n) is 3.50. The monoisotopic (exact) mass is 389 g/mol. The summed E-state index contributed by atoms with van der Waals surface area (Å²) in [6, 6.07) is 9.55. The van der Waals surface area contributed by atoms with E-state index in [4.69, 9.17) is 19.7 Å². The highest BCUT2D eigenvalue weighted by atomic mass is 16.5. The number of fused-ring (bicyclic) bond motifs is 1. The number of nitriles is 1. The molecule has 0 N–H and O–H groups in total. The largest absolute Gasteiger partial charge is 0.493 e. The average Bonchev–Trinajstić information content (AvgIpc) is 3.32. The standard InChI is InChI=1S/C21H19N5O3/c1-13-8-16(14-4-5-18(28-2)19(9-14)29-3)24-17-12-26(21(27)20(13)17)15-10-23-25(11-15)7-6-22/h4-5,8-11H,7,12H2,1-3H3. The number of amides is 1. The molecule has 1 aliphatic rings. The van der Waals surface area contributed by atoms with Gasteiger partial charge in [0.05, 0.1) is 55.7 Å². The second-order valence-corrected chi connectivity index (χ2v) is 6.66. The van der Waals surface area contributed by atoms with Crippen LogP contribution in [0.4, 0.5) is 5.69 Å². The number of aryl methyl sites for hydroxylation is 1. The summed E-state index contributed by atoms with van der Waals surface area (Å²) in [6.07, 6.45) is 3.28. The van der Waals surface area contributed by atoms with Crippen LogP contribution in [-0.4, -0.2) is 34.9 Å². The van der Waals surface area contributed by atoms with Crippen molar-refractivity contribution in [2.75, 3.05) is 19.1 Å². The maximum Gasteiger partial charge on any atom is 0.260 e. The van der Waals surface area contributed by atoms with Gasteiger partial charge in [0.1, 0.15) is 6.54 Å². The Morgan fingerprint density at radius 3 is 2.72 bits per heavy atom. The molecule has 0 bridgehead atoms. The molecule has 1 amide bonds. The third-order valence-electron chi connectivity index (χ3n) is 4.90. The Morgan fingerprint density at radius 1 is 1.21 bits per heavy atom. The molecule has 3 heterocycles. The highest BCUT2D eigenvalue weighted by molar-refractivity contribution is 6.10. The van der Waals surface area contributed by atoms with Gasteiger partial charge in [0.15, 0.2) is 11.5 Å². The van der Waals surface area contributed by atoms with Crippen LogP contribution in [0.15, 0.2) is 36.7 Å². The summed E-state index contributed by atoms with van der Waals surface area (Å²) in [5, 5.41) is 12.9. The van der Waals surface area contributed by atoms with E-state index in [9.17, 15) is 4.79 Å². The van der Waals surface area contributed by atoms with Crippen molar-refractivity contribution in [1.82, 2.24) is 14.8 Å². The fraction of sp³-hybridized carbons (Fsp3) is 0.238. The van der Waals surface area contributed by atoms with Crippen LogP contribution in [0.3, 0.4) is 0 Å². The lowest BCUT2D eigenvalue weighted by Gasteiger charge is -2.11. The van der Waals surface area contributed by atoms with E-state index in [1.54, 1.807) is 31.5 Å². The number of hydrogen-bond donors (Lipinski definition) is 0. The molecule has 0 spiro atoms. The van der Waals surface area contributed by atoms with Crippen LogP contribution in [0, 0.1) is 18.3 Å². The van der Waals surface area contributed by atoms with Crippen molar-refractivity contribution >= 4 is 11.6 Å². The smallest absolute Gasteiger partial charge is 0.260 e. The first-order valence-corrected chi connectivity index (χ1v) is 9.00. The van der Waals surface area contributed by atoms with Crippen molar-refractivity contribution in [3.8, 4) is 28.8 Å². The Hall–Kier alpha value is -3.86. The minimum absolute atomic E-state index is 0.111. The second-order valence-electron chi connectivity index (χ2n) is 6.66. The lowest BCUT2D eigenvalue weighted by molar-refractivity contribution is 0.0996. The van der Waals surface area contributed by atoms with E-state index in [2.05, 4.69) is 5.10 Å².